The van der Waals surface area contributed by atoms with Crippen molar-refractivity contribution in [2.24, 2.45) is 0 Å². The summed E-state index contributed by atoms with van der Waals surface area (Å²) in [5.74, 6) is 2.25. The first-order valence-electron chi connectivity index (χ1n) is 12.6. The summed E-state index contributed by atoms with van der Waals surface area (Å²) >= 11 is 0. The molecule has 3 heterocycles. The number of anilines is 1. The Balaban J connectivity index is 1.36. The maximum Gasteiger partial charge on any atom is 0.257 e. The number of carbonyl (C=O) groups is 1. The van der Waals surface area contributed by atoms with E-state index in [0.717, 1.165) is 41.3 Å². The highest BCUT2D eigenvalue weighted by Crippen LogP contribution is 2.26. The summed E-state index contributed by atoms with van der Waals surface area (Å²) in [6, 6.07) is 25.7. The van der Waals surface area contributed by atoms with Crippen molar-refractivity contribution in [1.29, 1.82) is 0 Å². The van der Waals surface area contributed by atoms with Crippen molar-refractivity contribution < 1.29 is 9.53 Å². The van der Waals surface area contributed by atoms with Gasteiger partial charge >= 0.3 is 0 Å². The van der Waals surface area contributed by atoms with Crippen LogP contribution in [0.25, 0.3) is 16.6 Å². The summed E-state index contributed by atoms with van der Waals surface area (Å²) in [5.41, 5.74) is 3.45. The van der Waals surface area contributed by atoms with Crippen LogP contribution in [0.2, 0.25) is 0 Å². The Bertz CT molecular complexity index is 1570. The maximum atomic E-state index is 13.4. The average Bonchev–Trinajstić information content (AvgIpc) is 3.21. The normalized spacial score (nSPS) is 14.2. The molecule has 0 radical (unpaired) electrons. The summed E-state index contributed by atoms with van der Waals surface area (Å²) < 4.78 is 7.53. The van der Waals surface area contributed by atoms with Crippen LogP contribution < -0.4 is 9.64 Å². The third kappa shape index (κ3) is 4.35. The first kappa shape index (κ1) is 23.0. The molecule has 1 amide bonds. The molecule has 1 fully saturated rings. The Morgan fingerprint density at radius 1 is 0.865 bits per heavy atom. The summed E-state index contributed by atoms with van der Waals surface area (Å²) in [5, 5.41) is 10.2. The van der Waals surface area contributed by atoms with Gasteiger partial charge in [-0.1, -0.05) is 54.6 Å². The van der Waals surface area contributed by atoms with Gasteiger partial charge in [0.15, 0.2) is 5.65 Å². The molecule has 1 aliphatic rings. The van der Waals surface area contributed by atoms with Crippen molar-refractivity contribution in [1.82, 2.24) is 24.5 Å². The zero-order chi connectivity index (χ0) is 25.2. The number of fused-ring (bicyclic) bond motifs is 3. The number of aromatic nitrogens is 4. The van der Waals surface area contributed by atoms with E-state index in [-0.39, 0.29) is 5.91 Å². The van der Waals surface area contributed by atoms with Crippen LogP contribution in [-0.4, -0.2) is 63.7 Å². The Labute approximate surface area is 215 Å². The smallest absolute Gasteiger partial charge is 0.257 e. The number of methoxy groups -OCH3 is 1. The standard InChI is InChI=1S/C29H28N6O2/c1-37-25-15-8-6-13-23(25)28(36)33-16-9-17-34(19-18-33)29-30-24-14-7-5-12-22(24)27-32-31-26(35(27)29)20-21-10-3-2-4-11-21/h2-8,10-15H,9,16-20H2,1H3. The number of para-hydroxylation sites is 2. The Morgan fingerprint density at radius 3 is 2.51 bits per heavy atom. The van der Waals surface area contributed by atoms with Crippen LogP contribution in [0.5, 0.6) is 5.75 Å². The van der Waals surface area contributed by atoms with Gasteiger partial charge in [0.1, 0.15) is 11.6 Å². The van der Waals surface area contributed by atoms with E-state index >= 15 is 0 Å². The molecule has 0 unspecified atom stereocenters. The Hall–Kier alpha value is -4.46. The molecule has 0 saturated carbocycles. The molecule has 5 aromatic rings. The van der Waals surface area contributed by atoms with Gasteiger partial charge < -0.3 is 14.5 Å². The van der Waals surface area contributed by atoms with Gasteiger partial charge in [0.25, 0.3) is 5.91 Å². The molecule has 1 aliphatic heterocycles. The van der Waals surface area contributed by atoms with E-state index < -0.39 is 0 Å². The average molecular weight is 493 g/mol. The third-order valence-corrected chi connectivity index (χ3v) is 6.90. The predicted molar refractivity (Wildman–Crippen MR) is 143 cm³/mol. The molecule has 8 heteroatoms. The lowest BCUT2D eigenvalue weighted by Crippen LogP contribution is -2.36. The zero-order valence-electron chi connectivity index (χ0n) is 20.7. The monoisotopic (exact) mass is 492 g/mol. The molecule has 6 rings (SSSR count). The zero-order valence-corrected chi connectivity index (χ0v) is 20.7. The van der Waals surface area contributed by atoms with Crippen molar-refractivity contribution in [2.75, 3.05) is 38.2 Å². The Kier molecular flexibility index (Phi) is 6.14. The van der Waals surface area contributed by atoms with E-state index in [9.17, 15) is 4.79 Å². The van der Waals surface area contributed by atoms with Crippen molar-refractivity contribution in [2.45, 2.75) is 12.8 Å². The fourth-order valence-electron chi connectivity index (χ4n) is 5.04. The summed E-state index contributed by atoms with van der Waals surface area (Å²) in [6.07, 6.45) is 1.48. The Morgan fingerprint density at radius 2 is 1.65 bits per heavy atom. The van der Waals surface area contributed by atoms with Crippen LogP contribution in [0.15, 0.2) is 78.9 Å². The van der Waals surface area contributed by atoms with Crippen LogP contribution in [0.3, 0.4) is 0 Å². The first-order chi connectivity index (χ1) is 18.2. The molecule has 2 aromatic heterocycles. The number of carbonyl (C=O) groups excluding carboxylic acids is 1. The number of amides is 1. The molecule has 3 aromatic carbocycles. The topological polar surface area (TPSA) is 75.9 Å². The molecule has 8 nitrogen and oxygen atoms in total. The van der Waals surface area contributed by atoms with E-state index in [1.54, 1.807) is 7.11 Å². The molecule has 0 bridgehead atoms. The molecular weight excluding hydrogens is 464 g/mol. The predicted octanol–water partition coefficient (Wildman–Crippen LogP) is 4.23. The fourth-order valence-corrected chi connectivity index (χ4v) is 5.04. The van der Waals surface area contributed by atoms with Crippen molar-refractivity contribution in [3.05, 3.63) is 95.8 Å². The number of benzene rings is 3. The van der Waals surface area contributed by atoms with Crippen LogP contribution in [0.1, 0.15) is 28.2 Å². The second-order valence-corrected chi connectivity index (χ2v) is 9.20. The highest BCUT2D eigenvalue weighted by Gasteiger charge is 2.25. The second-order valence-electron chi connectivity index (χ2n) is 9.20. The molecule has 186 valence electrons. The summed E-state index contributed by atoms with van der Waals surface area (Å²) in [6.45, 7) is 2.69. The molecule has 0 N–H and O–H groups in total. The summed E-state index contributed by atoms with van der Waals surface area (Å²) in [4.78, 5) is 22.6. The van der Waals surface area contributed by atoms with Crippen molar-refractivity contribution in [3.63, 3.8) is 0 Å². The lowest BCUT2D eigenvalue weighted by atomic mass is 10.1. The first-order valence-corrected chi connectivity index (χ1v) is 12.6. The minimum absolute atomic E-state index is 0.00928. The van der Waals surface area contributed by atoms with Crippen LogP contribution >= 0.6 is 0 Å². The SMILES string of the molecule is COc1ccccc1C(=O)N1CCCN(c2nc3ccccc3c3nnc(Cc4ccccc4)n23)CC1. The van der Waals surface area contributed by atoms with E-state index in [0.29, 0.717) is 37.4 Å². The number of rotatable bonds is 5. The van der Waals surface area contributed by atoms with Gasteiger partial charge in [-0.05, 0) is 36.2 Å². The van der Waals surface area contributed by atoms with Crippen LogP contribution in [0.4, 0.5) is 5.95 Å². The van der Waals surface area contributed by atoms with E-state index in [1.165, 1.54) is 5.56 Å². The van der Waals surface area contributed by atoms with Crippen molar-refractivity contribution >= 4 is 28.4 Å². The lowest BCUT2D eigenvalue weighted by molar-refractivity contribution is 0.0763. The van der Waals surface area contributed by atoms with E-state index in [2.05, 4.69) is 31.6 Å². The third-order valence-electron chi connectivity index (χ3n) is 6.90. The second kappa shape index (κ2) is 9.89. The number of hydrogen-bond acceptors (Lipinski definition) is 6. The van der Waals surface area contributed by atoms with Gasteiger partial charge in [0.2, 0.25) is 5.95 Å². The largest absolute Gasteiger partial charge is 0.496 e. The summed E-state index contributed by atoms with van der Waals surface area (Å²) in [7, 11) is 1.60. The number of hydrogen-bond donors (Lipinski definition) is 0. The van der Waals surface area contributed by atoms with Crippen LogP contribution in [-0.2, 0) is 6.42 Å². The van der Waals surface area contributed by atoms with Gasteiger partial charge in [0, 0.05) is 38.0 Å². The van der Waals surface area contributed by atoms with E-state index in [1.807, 2.05) is 71.6 Å². The quantitative estimate of drug-likeness (QED) is 0.366. The number of ether oxygens (including phenoxy) is 1. The number of nitrogens with zero attached hydrogens (tertiary/aromatic N) is 6. The molecule has 0 spiro atoms. The van der Waals surface area contributed by atoms with Crippen molar-refractivity contribution in [3.8, 4) is 5.75 Å². The highest BCUT2D eigenvalue weighted by atomic mass is 16.5. The minimum Gasteiger partial charge on any atom is -0.496 e. The molecule has 0 atom stereocenters. The van der Waals surface area contributed by atoms with Gasteiger partial charge in [-0.2, -0.15) is 0 Å². The van der Waals surface area contributed by atoms with Crippen LogP contribution in [0, 0.1) is 0 Å². The highest BCUT2D eigenvalue weighted by molar-refractivity contribution is 5.97. The van der Waals surface area contributed by atoms with Gasteiger partial charge in [0.05, 0.1) is 18.2 Å². The fraction of sp³-hybridized carbons (Fsp3) is 0.241. The molecule has 37 heavy (non-hydrogen) atoms. The maximum absolute atomic E-state index is 13.4. The van der Waals surface area contributed by atoms with E-state index in [4.69, 9.17) is 9.72 Å². The van der Waals surface area contributed by atoms with Gasteiger partial charge in [-0.3, -0.25) is 4.79 Å². The minimum atomic E-state index is -0.00928. The van der Waals surface area contributed by atoms with Gasteiger partial charge in [-0.15, -0.1) is 10.2 Å². The van der Waals surface area contributed by atoms with Gasteiger partial charge in [-0.25, -0.2) is 9.38 Å². The molecule has 0 aliphatic carbocycles. The molecular formula is C29H28N6O2. The molecule has 1 saturated heterocycles. The lowest BCUT2D eigenvalue weighted by Gasteiger charge is -2.24.